The van der Waals surface area contributed by atoms with Gasteiger partial charge in [-0.2, -0.15) is 0 Å². The number of nitrogens with one attached hydrogen (secondary N) is 1. The van der Waals surface area contributed by atoms with Crippen LogP contribution in [-0.4, -0.2) is 79.5 Å². The Morgan fingerprint density at radius 1 is 1.02 bits per heavy atom. The third-order valence-corrected chi connectivity index (χ3v) is 14.1. The van der Waals surface area contributed by atoms with Crippen molar-refractivity contribution in [1.29, 1.82) is 0 Å². The van der Waals surface area contributed by atoms with Crippen LogP contribution in [0.3, 0.4) is 0 Å². The van der Waals surface area contributed by atoms with Gasteiger partial charge in [0.25, 0.3) is 0 Å². The number of esters is 1. The fraction of sp³-hybridized carbons (Fsp3) is 0.675. The molecule has 5 aliphatic rings. The first kappa shape index (κ1) is 37.6. The molecule has 288 valence electrons. The lowest BCUT2D eigenvalue weighted by atomic mass is 9.90. The molecule has 0 unspecified atom stereocenters. The first-order valence-electron chi connectivity index (χ1n) is 19.6. The van der Waals surface area contributed by atoms with E-state index < -0.39 is 50.6 Å². The number of carbonyl (C=O) groups is 4. The Hall–Kier alpha value is -3.74. The van der Waals surface area contributed by atoms with Crippen LogP contribution in [-0.2, 0) is 40.4 Å². The summed E-state index contributed by atoms with van der Waals surface area (Å²) in [6.45, 7) is 2.41. The van der Waals surface area contributed by atoms with Crippen LogP contribution in [0.4, 0.5) is 0 Å². The summed E-state index contributed by atoms with van der Waals surface area (Å²) in [5.41, 5.74) is -0.132. The zero-order valence-corrected chi connectivity index (χ0v) is 31.8. The van der Waals surface area contributed by atoms with E-state index in [1.54, 1.807) is 18.2 Å². The zero-order chi connectivity index (χ0) is 37.3. The molecule has 13 heteroatoms. The first-order valence-corrected chi connectivity index (χ1v) is 21.2. The molecule has 2 amide bonds. The topological polar surface area (TPSA) is 158 Å². The van der Waals surface area contributed by atoms with Gasteiger partial charge in [-0.3, -0.25) is 23.9 Å². The fourth-order valence-corrected chi connectivity index (χ4v) is 10.2. The van der Waals surface area contributed by atoms with Gasteiger partial charge < -0.3 is 19.1 Å². The summed E-state index contributed by atoms with van der Waals surface area (Å²) in [5, 5.41) is 1.13. The maximum atomic E-state index is 14.6. The van der Waals surface area contributed by atoms with Gasteiger partial charge in [-0.05, 0) is 92.4 Å². The number of nitrogens with zero attached hydrogens (tertiary/aromatic N) is 2. The number of sulfonamides is 1. The SMILES string of the molecule is COc1cc2ccnc3c2cc1CCC[C@@H](C)COC(=O)C[C@H]1CCCCCCC[C@@H]2C[C@@]2(C(=O)NS(=O)(=O)C2CC2)CC(=O)[C@@H]2C[C@H](CN2C1=O)O3. The number of carbonyl (C=O) groups excluding carboxylic acids is 4. The number of ether oxygens (including phenoxy) is 3. The molecule has 53 heavy (non-hydrogen) atoms. The van der Waals surface area contributed by atoms with Gasteiger partial charge in [0.05, 0.1) is 43.4 Å². The van der Waals surface area contributed by atoms with Crippen molar-refractivity contribution in [3.05, 3.63) is 30.0 Å². The number of benzene rings is 1. The van der Waals surface area contributed by atoms with E-state index in [0.717, 1.165) is 79.9 Å². The zero-order valence-electron chi connectivity index (χ0n) is 31.0. The van der Waals surface area contributed by atoms with Crippen molar-refractivity contribution in [2.75, 3.05) is 20.3 Å². The number of ketones is 1. The fourth-order valence-electron chi connectivity index (χ4n) is 8.82. The molecular weight excluding hydrogens is 699 g/mol. The molecule has 5 bridgehead atoms. The van der Waals surface area contributed by atoms with Gasteiger partial charge in [0.2, 0.25) is 27.7 Å². The summed E-state index contributed by atoms with van der Waals surface area (Å²) in [6.07, 6.45) is 10.6. The van der Waals surface area contributed by atoms with Gasteiger partial charge in [-0.15, -0.1) is 0 Å². The van der Waals surface area contributed by atoms with Crippen LogP contribution >= 0.6 is 0 Å². The van der Waals surface area contributed by atoms with E-state index in [1.165, 1.54) is 0 Å². The molecule has 6 atom stereocenters. The lowest BCUT2D eigenvalue weighted by Gasteiger charge is -2.29. The summed E-state index contributed by atoms with van der Waals surface area (Å²) in [6, 6.07) is 5.00. The Morgan fingerprint density at radius 2 is 1.79 bits per heavy atom. The highest BCUT2D eigenvalue weighted by atomic mass is 32.2. The summed E-state index contributed by atoms with van der Waals surface area (Å²) in [4.78, 5) is 62.3. The van der Waals surface area contributed by atoms with Crippen LogP contribution in [0.1, 0.15) is 109 Å². The van der Waals surface area contributed by atoms with Crippen LogP contribution in [0.5, 0.6) is 11.6 Å². The lowest BCUT2D eigenvalue weighted by molar-refractivity contribution is -0.151. The van der Waals surface area contributed by atoms with E-state index in [0.29, 0.717) is 31.6 Å². The van der Waals surface area contributed by atoms with Crippen molar-refractivity contribution in [2.24, 2.45) is 23.2 Å². The van der Waals surface area contributed by atoms with Crippen molar-refractivity contribution in [1.82, 2.24) is 14.6 Å². The second kappa shape index (κ2) is 15.5. The molecule has 2 saturated carbocycles. The predicted octanol–water partition coefficient (Wildman–Crippen LogP) is 5.43. The highest BCUT2D eigenvalue weighted by Gasteiger charge is 2.62. The Morgan fingerprint density at radius 3 is 2.57 bits per heavy atom. The van der Waals surface area contributed by atoms with E-state index in [1.807, 2.05) is 25.1 Å². The quantitative estimate of drug-likeness (QED) is 0.400. The third kappa shape index (κ3) is 8.34. The second-order valence-electron chi connectivity index (χ2n) is 16.3. The molecule has 1 aromatic heterocycles. The number of aryl methyl sites for hydroxylation is 1. The lowest BCUT2D eigenvalue weighted by Crippen LogP contribution is -2.46. The molecule has 1 aromatic carbocycles. The normalized spacial score (nSPS) is 30.6. The number of cyclic esters (lactones) is 1. The van der Waals surface area contributed by atoms with Gasteiger partial charge >= 0.3 is 5.97 Å². The molecule has 2 aromatic rings. The second-order valence-corrected chi connectivity index (χ2v) is 18.2. The van der Waals surface area contributed by atoms with Crippen LogP contribution in [0, 0.1) is 23.2 Å². The molecule has 7 rings (SSSR count). The van der Waals surface area contributed by atoms with Crippen molar-refractivity contribution >= 4 is 44.4 Å². The van der Waals surface area contributed by atoms with Gasteiger partial charge in [-0.25, -0.2) is 13.4 Å². The maximum absolute atomic E-state index is 14.6. The van der Waals surface area contributed by atoms with Gasteiger partial charge in [0, 0.05) is 30.3 Å². The number of fused-ring (bicyclic) bond motifs is 4. The molecule has 2 aliphatic carbocycles. The molecular formula is C40H53N3O9S. The average molecular weight is 752 g/mol. The minimum Gasteiger partial charge on any atom is -0.496 e. The number of methoxy groups -OCH3 is 1. The predicted molar refractivity (Wildman–Crippen MR) is 197 cm³/mol. The van der Waals surface area contributed by atoms with E-state index in [-0.39, 0.29) is 55.9 Å². The largest absolute Gasteiger partial charge is 0.496 e. The average Bonchev–Trinajstić information content (AvgIpc) is 4.06. The van der Waals surface area contributed by atoms with Crippen molar-refractivity contribution in [2.45, 2.75) is 127 Å². The Bertz CT molecular complexity index is 1850. The minimum absolute atomic E-state index is 0.0788. The highest BCUT2D eigenvalue weighted by molar-refractivity contribution is 7.90. The first-order chi connectivity index (χ1) is 25.5. The Labute approximate surface area is 312 Å². The number of aromatic nitrogens is 1. The molecule has 3 aliphatic heterocycles. The summed E-state index contributed by atoms with van der Waals surface area (Å²) < 4.78 is 46.2. The molecule has 4 fully saturated rings. The number of Topliss-reactive ketones (excluding diaryl/α,β-unsaturated/α-hetero) is 1. The van der Waals surface area contributed by atoms with Crippen molar-refractivity contribution in [3.8, 4) is 11.6 Å². The minimum atomic E-state index is -3.81. The Balaban J connectivity index is 1.23. The van der Waals surface area contributed by atoms with E-state index in [4.69, 9.17) is 14.2 Å². The summed E-state index contributed by atoms with van der Waals surface area (Å²) in [5.74, 6) is -1.12. The van der Waals surface area contributed by atoms with Crippen molar-refractivity contribution < 1.29 is 41.8 Å². The van der Waals surface area contributed by atoms with E-state index in [2.05, 4.69) is 9.71 Å². The van der Waals surface area contributed by atoms with E-state index in [9.17, 15) is 27.6 Å². The molecule has 0 spiro atoms. The van der Waals surface area contributed by atoms with Crippen LogP contribution in [0.15, 0.2) is 24.4 Å². The molecule has 4 heterocycles. The monoisotopic (exact) mass is 751 g/mol. The molecule has 0 radical (unpaired) electrons. The Kier molecular flexibility index (Phi) is 11.0. The van der Waals surface area contributed by atoms with Gasteiger partial charge in [0.15, 0.2) is 5.78 Å². The summed E-state index contributed by atoms with van der Waals surface area (Å²) >= 11 is 0. The smallest absolute Gasteiger partial charge is 0.306 e. The molecule has 12 nitrogen and oxygen atoms in total. The number of pyridine rings is 1. The maximum Gasteiger partial charge on any atom is 0.306 e. The number of amides is 2. The number of rotatable bonds is 4. The standard InChI is InChI=1S/C40H53N3O9S/c1-25-9-8-11-27-17-32-26(18-35(27)50-2)15-16-41-37(32)52-30-20-33-34(44)22-40(39(47)42-53(48,49)31-13-14-31)21-29(40)12-7-5-3-4-6-10-28(19-36(45)51-24-25)38(46)43(33)23-30/h15-18,25,28-31,33H,3-14,19-24H2,1-2H3,(H,42,47)/t25-,28-,29-,30-,33+,40-/m1/s1. The van der Waals surface area contributed by atoms with Crippen LogP contribution < -0.4 is 14.2 Å². The van der Waals surface area contributed by atoms with Crippen LogP contribution in [0.25, 0.3) is 10.8 Å². The highest BCUT2D eigenvalue weighted by Crippen LogP contribution is 2.59. The number of hydrogen-bond acceptors (Lipinski definition) is 10. The van der Waals surface area contributed by atoms with E-state index >= 15 is 0 Å². The van der Waals surface area contributed by atoms with Crippen molar-refractivity contribution in [3.63, 3.8) is 0 Å². The van der Waals surface area contributed by atoms with Gasteiger partial charge in [-0.1, -0.05) is 39.0 Å². The summed E-state index contributed by atoms with van der Waals surface area (Å²) in [7, 11) is -2.16. The molecule has 2 saturated heterocycles. The van der Waals surface area contributed by atoms with Gasteiger partial charge in [0.1, 0.15) is 11.9 Å². The number of hydrogen-bond donors (Lipinski definition) is 1. The molecule has 1 N–H and O–H groups in total. The van der Waals surface area contributed by atoms with Crippen LogP contribution in [0.2, 0.25) is 0 Å². The third-order valence-electron chi connectivity index (χ3n) is 12.2.